The van der Waals surface area contributed by atoms with Crippen molar-refractivity contribution >= 4 is 11.7 Å². The molecule has 0 aliphatic heterocycles. The fraction of sp³-hybridized carbons (Fsp3) is 0.250. The molecule has 4 nitrogen and oxygen atoms in total. The minimum absolute atomic E-state index is 0.0230. The molecule has 0 atom stereocenters. The Balaban J connectivity index is 2.64. The van der Waals surface area contributed by atoms with Crippen molar-refractivity contribution in [2.24, 2.45) is 0 Å². The van der Waals surface area contributed by atoms with Crippen molar-refractivity contribution in [3.8, 4) is 0 Å². The Labute approximate surface area is 69.4 Å². The molecular formula is C8H8N2O2. The Morgan fingerprint density at radius 3 is 2.83 bits per heavy atom. The summed E-state index contributed by atoms with van der Waals surface area (Å²) in [5, 5.41) is 8.43. The first-order valence-corrected chi connectivity index (χ1v) is 3.52. The molecule has 1 N–H and O–H groups in total. The number of allylic oxidation sites excluding steroid dienone is 3. The minimum Gasteiger partial charge on any atom is -0.481 e. The molecule has 0 unspecified atom stereocenters. The zero-order valence-corrected chi connectivity index (χ0v) is 6.40. The van der Waals surface area contributed by atoms with Gasteiger partial charge in [0.1, 0.15) is 0 Å². The highest BCUT2D eigenvalue weighted by Gasteiger charge is 2.09. The number of hydrogen-bond donors (Lipinski definition) is 1. The van der Waals surface area contributed by atoms with Gasteiger partial charge in [-0.1, -0.05) is 12.2 Å². The van der Waals surface area contributed by atoms with Crippen LogP contribution < -0.4 is 0 Å². The van der Waals surface area contributed by atoms with E-state index < -0.39 is 5.97 Å². The zero-order valence-electron chi connectivity index (χ0n) is 6.40. The highest BCUT2D eigenvalue weighted by Crippen LogP contribution is 2.10. The van der Waals surface area contributed by atoms with Gasteiger partial charge in [0, 0.05) is 6.08 Å². The molecule has 0 aromatic carbocycles. The van der Waals surface area contributed by atoms with Crippen molar-refractivity contribution in [3.05, 3.63) is 29.3 Å². The molecule has 0 heterocycles. The molecule has 0 spiro atoms. The number of rotatable bonds is 2. The van der Waals surface area contributed by atoms with Crippen LogP contribution in [0.1, 0.15) is 12.8 Å². The van der Waals surface area contributed by atoms with E-state index in [-0.39, 0.29) is 6.42 Å². The smallest absolute Gasteiger partial charge is 0.307 e. The molecule has 1 aliphatic carbocycles. The number of carboxylic acid groups (broad SMARTS) is 1. The topological polar surface area (TPSA) is 73.7 Å². The van der Waals surface area contributed by atoms with Crippen molar-refractivity contribution in [2.75, 3.05) is 0 Å². The second kappa shape index (κ2) is 3.64. The molecule has 0 saturated heterocycles. The van der Waals surface area contributed by atoms with Gasteiger partial charge < -0.3 is 10.6 Å². The largest absolute Gasteiger partial charge is 0.481 e. The number of nitrogens with zero attached hydrogens (tertiary/aromatic N) is 2. The Kier molecular flexibility index (Phi) is 2.56. The Hall–Kier alpha value is -1.67. The van der Waals surface area contributed by atoms with Crippen LogP contribution in [0.25, 0.3) is 5.53 Å². The summed E-state index contributed by atoms with van der Waals surface area (Å²) in [5.41, 5.74) is 9.64. The van der Waals surface area contributed by atoms with Crippen LogP contribution in [0.5, 0.6) is 0 Å². The summed E-state index contributed by atoms with van der Waals surface area (Å²) in [7, 11) is 0. The van der Waals surface area contributed by atoms with Crippen LogP contribution in [0.15, 0.2) is 23.8 Å². The van der Waals surface area contributed by atoms with Crippen LogP contribution in [0.2, 0.25) is 0 Å². The van der Waals surface area contributed by atoms with Gasteiger partial charge in [-0.15, -0.1) is 0 Å². The lowest BCUT2D eigenvalue weighted by molar-refractivity contribution is -0.136. The summed E-state index contributed by atoms with van der Waals surface area (Å²) in [6, 6.07) is 0. The Morgan fingerprint density at radius 2 is 2.42 bits per heavy atom. The summed E-state index contributed by atoms with van der Waals surface area (Å²) in [6.07, 6.45) is 5.51. The first kappa shape index (κ1) is 8.43. The predicted octanol–water partition coefficient (Wildman–Crippen LogP) is 1.02. The van der Waals surface area contributed by atoms with Crippen molar-refractivity contribution in [3.63, 3.8) is 0 Å². The first-order valence-electron chi connectivity index (χ1n) is 3.52. The lowest BCUT2D eigenvalue weighted by Crippen LogP contribution is -2.02. The van der Waals surface area contributed by atoms with E-state index in [1.165, 1.54) is 0 Å². The summed E-state index contributed by atoms with van der Waals surface area (Å²) in [4.78, 5) is 13.3. The number of hydrogen-bond acceptors (Lipinski definition) is 1. The van der Waals surface area contributed by atoms with Gasteiger partial charge in [-0.3, -0.25) is 4.79 Å². The maximum absolute atomic E-state index is 10.3. The standard InChI is InChI=1S/C8H8N2O2/c9-10-7-3-1-6(2-4-7)5-8(11)12/h1-3H,4-5H2,(H,11,12). The molecule has 1 rings (SSSR count). The fourth-order valence-electron chi connectivity index (χ4n) is 0.955. The normalized spacial score (nSPS) is 15.3. The van der Waals surface area contributed by atoms with Crippen molar-refractivity contribution < 1.29 is 14.7 Å². The monoisotopic (exact) mass is 164 g/mol. The molecule has 0 aromatic rings. The molecule has 62 valence electrons. The molecule has 0 fully saturated rings. The van der Waals surface area contributed by atoms with E-state index in [4.69, 9.17) is 10.6 Å². The molecule has 1 aliphatic rings. The first-order chi connectivity index (χ1) is 5.72. The van der Waals surface area contributed by atoms with Crippen LogP contribution in [-0.2, 0) is 4.79 Å². The highest BCUT2D eigenvalue weighted by molar-refractivity contribution is 5.93. The maximum Gasteiger partial charge on any atom is 0.307 e. The van der Waals surface area contributed by atoms with Gasteiger partial charge in [0.25, 0.3) is 5.71 Å². The van der Waals surface area contributed by atoms with Gasteiger partial charge in [0.05, 0.1) is 12.8 Å². The molecular weight excluding hydrogens is 156 g/mol. The Morgan fingerprint density at radius 1 is 1.67 bits per heavy atom. The lowest BCUT2D eigenvalue weighted by atomic mass is 10.0. The molecule has 0 saturated carbocycles. The van der Waals surface area contributed by atoms with E-state index in [9.17, 15) is 4.79 Å². The third-order valence-electron chi connectivity index (χ3n) is 1.55. The molecule has 0 aromatic heterocycles. The molecule has 4 heteroatoms. The Bertz CT molecular complexity index is 309. The summed E-state index contributed by atoms with van der Waals surface area (Å²) in [5.74, 6) is -0.852. The van der Waals surface area contributed by atoms with Crippen molar-refractivity contribution in [1.82, 2.24) is 0 Å². The molecule has 0 radical (unpaired) electrons. The maximum atomic E-state index is 10.3. The minimum atomic E-state index is -0.852. The third-order valence-corrected chi connectivity index (χ3v) is 1.55. The molecule has 0 bridgehead atoms. The van der Waals surface area contributed by atoms with Crippen LogP contribution in [-0.4, -0.2) is 21.6 Å². The quantitative estimate of drug-likeness (QED) is 0.488. The zero-order chi connectivity index (χ0) is 8.97. The second-order valence-corrected chi connectivity index (χ2v) is 2.48. The second-order valence-electron chi connectivity index (χ2n) is 2.48. The van der Waals surface area contributed by atoms with Gasteiger partial charge in [-0.2, -0.15) is 4.79 Å². The van der Waals surface area contributed by atoms with Gasteiger partial charge >= 0.3 is 5.97 Å². The van der Waals surface area contributed by atoms with E-state index in [1.807, 2.05) is 0 Å². The molecule has 12 heavy (non-hydrogen) atoms. The third kappa shape index (κ3) is 2.18. The van der Waals surface area contributed by atoms with Crippen LogP contribution in [0, 0.1) is 0 Å². The highest BCUT2D eigenvalue weighted by atomic mass is 16.4. The van der Waals surface area contributed by atoms with Gasteiger partial charge in [0.15, 0.2) is 0 Å². The molecule has 0 amide bonds. The van der Waals surface area contributed by atoms with E-state index in [1.54, 1.807) is 18.2 Å². The summed E-state index contributed by atoms with van der Waals surface area (Å²) in [6.45, 7) is 0. The van der Waals surface area contributed by atoms with Crippen molar-refractivity contribution in [1.29, 1.82) is 0 Å². The van der Waals surface area contributed by atoms with E-state index >= 15 is 0 Å². The van der Waals surface area contributed by atoms with Crippen LogP contribution in [0.3, 0.4) is 0 Å². The van der Waals surface area contributed by atoms with Gasteiger partial charge in [-0.25, -0.2) is 0 Å². The average Bonchev–Trinajstić information content (AvgIpc) is 2.05. The predicted molar refractivity (Wildman–Crippen MR) is 42.7 cm³/mol. The number of aliphatic carboxylic acids is 1. The SMILES string of the molecule is [N-]=[N+]=C1C=CC(CC(=O)O)=CC1. The van der Waals surface area contributed by atoms with Crippen LogP contribution >= 0.6 is 0 Å². The van der Waals surface area contributed by atoms with E-state index in [2.05, 4.69) is 4.79 Å². The van der Waals surface area contributed by atoms with Crippen LogP contribution in [0.4, 0.5) is 0 Å². The van der Waals surface area contributed by atoms with Crippen molar-refractivity contribution in [2.45, 2.75) is 12.8 Å². The van der Waals surface area contributed by atoms with E-state index in [0.29, 0.717) is 12.1 Å². The number of carbonyl (C=O) groups is 1. The summed E-state index contributed by atoms with van der Waals surface area (Å²) < 4.78 is 0. The van der Waals surface area contributed by atoms with Gasteiger partial charge in [-0.05, 0) is 5.57 Å². The average molecular weight is 164 g/mol. The van der Waals surface area contributed by atoms with Gasteiger partial charge in [0.2, 0.25) is 0 Å². The fourth-order valence-corrected chi connectivity index (χ4v) is 0.955. The number of carboxylic acids is 1. The summed E-state index contributed by atoms with van der Waals surface area (Å²) >= 11 is 0. The van der Waals surface area contributed by atoms with E-state index in [0.717, 1.165) is 5.57 Å². The lowest BCUT2D eigenvalue weighted by Gasteiger charge is -1.99.